The van der Waals surface area contributed by atoms with Gasteiger partial charge >= 0.3 is 5.97 Å². The first-order valence-corrected chi connectivity index (χ1v) is 3.05. The molecule has 0 aromatic carbocycles. The maximum Gasteiger partial charge on any atom is 0.325 e. The average Bonchev–Trinajstić information content (AvgIpc) is 1.80. The number of rotatable bonds is 3. The summed E-state index contributed by atoms with van der Waals surface area (Å²) in [5.41, 5.74) is 4.51. The first-order chi connectivity index (χ1) is 4.48. The van der Waals surface area contributed by atoms with E-state index >= 15 is 0 Å². The summed E-state index contributed by atoms with van der Waals surface area (Å²) in [6, 6.07) is 0. The molecular weight excluding hydrogens is 130 g/mol. The van der Waals surface area contributed by atoms with Crippen molar-refractivity contribution in [2.45, 2.75) is 19.4 Å². The Kier molecular flexibility index (Phi) is 3.09. The molecule has 2 N–H and O–H groups in total. The minimum absolute atomic E-state index is 0.222. The van der Waals surface area contributed by atoms with Crippen LogP contribution in [0, 0.1) is 0 Å². The Morgan fingerprint density at radius 1 is 1.80 bits per heavy atom. The molecule has 0 atom stereocenters. The summed E-state index contributed by atoms with van der Waals surface area (Å²) in [6.07, 6.45) is 1.50. The molecule has 58 valence electrons. The van der Waals surface area contributed by atoms with Gasteiger partial charge in [-0.25, -0.2) is 0 Å². The van der Waals surface area contributed by atoms with Crippen LogP contribution in [-0.4, -0.2) is 18.1 Å². The zero-order chi connectivity index (χ0) is 8.20. The Morgan fingerprint density at radius 3 is 2.60 bits per heavy atom. The van der Waals surface area contributed by atoms with E-state index in [9.17, 15) is 4.79 Å². The van der Waals surface area contributed by atoms with Crippen molar-refractivity contribution < 1.29 is 9.53 Å². The second kappa shape index (κ2) is 3.37. The predicted octanol–water partition coefficient (Wildman–Crippen LogP) is 0.453. The average molecular weight is 143 g/mol. The van der Waals surface area contributed by atoms with Gasteiger partial charge in [-0.1, -0.05) is 12.7 Å². The molecule has 3 heteroatoms. The monoisotopic (exact) mass is 143 g/mol. The van der Waals surface area contributed by atoms with Gasteiger partial charge in [0.05, 0.1) is 0 Å². The zero-order valence-electron chi connectivity index (χ0n) is 6.39. The van der Waals surface area contributed by atoms with E-state index < -0.39 is 11.5 Å². The van der Waals surface area contributed by atoms with E-state index in [0.717, 1.165) is 0 Å². The standard InChI is InChI=1S/C7H13NO2/c1-4-5-10-6(9)7(2,3)8/h4H,1,5,8H2,2-3H3. The van der Waals surface area contributed by atoms with E-state index in [1.807, 2.05) is 0 Å². The van der Waals surface area contributed by atoms with Crippen LogP contribution in [0.15, 0.2) is 12.7 Å². The molecule has 0 saturated carbocycles. The fourth-order valence-corrected chi connectivity index (χ4v) is 0.321. The van der Waals surface area contributed by atoms with Gasteiger partial charge in [0.25, 0.3) is 0 Å². The Bertz CT molecular complexity index is 135. The zero-order valence-corrected chi connectivity index (χ0v) is 6.39. The van der Waals surface area contributed by atoms with E-state index in [0.29, 0.717) is 0 Å². The van der Waals surface area contributed by atoms with Crippen LogP contribution >= 0.6 is 0 Å². The summed E-state index contributed by atoms with van der Waals surface area (Å²) in [5, 5.41) is 0. The molecule has 0 heterocycles. The van der Waals surface area contributed by atoms with Crippen molar-refractivity contribution in [3.8, 4) is 0 Å². The third-order valence-electron chi connectivity index (χ3n) is 0.858. The van der Waals surface area contributed by atoms with Crippen LogP contribution in [0.3, 0.4) is 0 Å². The van der Waals surface area contributed by atoms with Crippen molar-refractivity contribution >= 4 is 5.97 Å². The van der Waals surface area contributed by atoms with Gasteiger partial charge in [-0.05, 0) is 13.8 Å². The molecule has 0 aromatic rings. The molecule has 0 aliphatic heterocycles. The highest BCUT2D eigenvalue weighted by atomic mass is 16.5. The Morgan fingerprint density at radius 2 is 2.30 bits per heavy atom. The van der Waals surface area contributed by atoms with Gasteiger partial charge in [0.15, 0.2) is 0 Å². The maximum atomic E-state index is 10.8. The molecule has 0 fully saturated rings. The maximum absolute atomic E-state index is 10.8. The van der Waals surface area contributed by atoms with Crippen LogP contribution in [0.25, 0.3) is 0 Å². The van der Waals surface area contributed by atoms with Gasteiger partial charge in [-0.15, -0.1) is 0 Å². The third-order valence-corrected chi connectivity index (χ3v) is 0.858. The highest BCUT2D eigenvalue weighted by molar-refractivity contribution is 5.79. The molecule has 0 aliphatic rings. The molecule has 0 radical (unpaired) electrons. The normalized spacial score (nSPS) is 10.7. The lowest BCUT2D eigenvalue weighted by atomic mass is 10.1. The lowest BCUT2D eigenvalue weighted by Crippen LogP contribution is -2.42. The van der Waals surface area contributed by atoms with Crippen LogP contribution in [-0.2, 0) is 9.53 Å². The smallest absolute Gasteiger partial charge is 0.325 e. The van der Waals surface area contributed by atoms with Gasteiger partial charge in [0, 0.05) is 0 Å². The van der Waals surface area contributed by atoms with Crippen molar-refractivity contribution in [3.05, 3.63) is 12.7 Å². The lowest BCUT2D eigenvalue weighted by molar-refractivity contribution is -0.147. The highest BCUT2D eigenvalue weighted by Gasteiger charge is 2.22. The Labute approximate surface area is 60.9 Å². The van der Waals surface area contributed by atoms with Crippen LogP contribution in [0.2, 0.25) is 0 Å². The number of esters is 1. The summed E-state index contributed by atoms with van der Waals surface area (Å²) in [7, 11) is 0. The number of nitrogens with two attached hydrogens (primary N) is 1. The van der Waals surface area contributed by atoms with E-state index in [1.165, 1.54) is 6.08 Å². The lowest BCUT2D eigenvalue weighted by Gasteiger charge is -2.15. The van der Waals surface area contributed by atoms with Crippen molar-refractivity contribution in [2.75, 3.05) is 6.61 Å². The molecule has 0 unspecified atom stereocenters. The molecule has 0 aliphatic carbocycles. The van der Waals surface area contributed by atoms with Crippen LogP contribution in [0.5, 0.6) is 0 Å². The van der Waals surface area contributed by atoms with Crippen LogP contribution < -0.4 is 5.73 Å². The second-order valence-corrected chi connectivity index (χ2v) is 2.61. The number of hydrogen-bond donors (Lipinski definition) is 1. The summed E-state index contributed by atoms with van der Waals surface area (Å²) >= 11 is 0. The minimum Gasteiger partial charge on any atom is -0.460 e. The molecule has 0 aromatic heterocycles. The molecule has 0 spiro atoms. The van der Waals surface area contributed by atoms with E-state index in [1.54, 1.807) is 13.8 Å². The van der Waals surface area contributed by atoms with Crippen molar-refractivity contribution in [1.29, 1.82) is 0 Å². The van der Waals surface area contributed by atoms with Gasteiger partial charge in [-0.2, -0.15) is 0 Å². The molecule has 0 rings (SSSR count). The van der Waals surface area contributed by atoms with Gasteiger partial charge < -0.3 is 10.5 Å². The fraction of sp³-hybridized carbons (Fsp3) is 0.571. The van der Waals surface area contributed by atoms with E-state index in [-0.39, 0.29) is 6.61 Å². The van der Waals surface area contributed by atoms with Crippen LogP contribution in [0.1, 0.15) is 13.8 Å². The summed E-state index contributed by atoms with van der Waals surface area (Å²) < 4.78 is 4.67. The molecule has 0 amide bonds. The molecule has 0 saturated heterocycles. The number of carbonyl (C=O) groups excluding carboxylic acids is 1. The highest BCUT2D eigenvalue weighted by Crippen LogP contribution is 1.99. The quantitative estimate of drug-likeness (QED) is 0.461. The minimum atomic E-state index is -0.900. The van der Waals surface area contributed by atoms with Crippen molar-refractivity contribution in [3.63, 3.8) is 0 Å². The molecule has 3 nitrogen and oxygen atoms in total. The topological polar surface area (TPSA) is 52.3 Å². The van der Waals surface area contributed by atoms with Gasteiger partial charge in [0.1, 0.15) is 12.1 Å². The Hall–Kier alpha value is -0.830. The van der Waals surface area contributed by atoms with Gasteiger partial charge in [-0.3, -0.25) is 4.79 Å². The number of carbonyl (C=O) groups is 1. The van der Waals surface area contributed by atoms with E-state index in [2.05, 4.69) is 11.3 Å². The van der Waals surface area contributed by atoms with Crippen molar-refractivity contribution in [1.82, 2.24) is 0 Å². The molecule has 10 heavy (non-hydrogen) atoms. The van der Waals surface area contributed by atoms with Crippen LogP contribution in [0.4, 0.5) is 0 Å². The first-order valence-electron chi connectivity index (χ1n) is 3.05. The Balaban J connectivity index is 3.74. The molecular formula is C7H13NO2. The molecule has 0 bridgehead atoms. The van der Waals surface area contributed by atoms with Crippen molar-refractivity contribution in [2.24, 2.45) is 5.73 Å². The summed E-state index contributed by atoms with van der Waals surface area (Å²) in [5.74, 6) is -0.410. The summed E-state index contributed by atoms with van der Waals surface area (Å²) in [4.78, 5) is 10.8. The SMILES string of the molecule is C=CCOC(=O)C(C)(C)N. The number of hydrogen-bond acceptors (Lipinski definition) is 3. The van der Waals surface area contributed by atoms with Gasteiger partial charge in [0.2, 0.25) is 0 Å². The largest absolute Gasteiger partial charge is 0.460 e. The number of ether oxygens (including phenoxy) is 1. The summed E-state index contributed by atoms with van der Waals surface area (Å²) in [6.45, 7) is 6.81. The predicted molar refractivity (Wildman–Crippen MR) is 39.4 cm³/mol. The second-order valence-electron chi connectivity index (χ2n) is 2.61. The third kappa shape index (κ3) is 3.25. The van der Waals surface area contributed by atoms with E-state index in [4.69, 9.17) is 5.73 Å². The fourth-order valence-electron chi connectivity index (χ4n) is 0.321. The first kappa shape index (κ1) is 9.17.